The van der Waals surface area contributed by atoms with Gasteiger partial charge in [0.2, 0.25) is 10.0 Å². The van der Waals surface area contributed by atoms with Crippen LogP contribution in [0.3, 0.4) is 0 Å². The Kier molecular flexibility index (Phi) is 5.00. The van der Waals surface area contributed by atoms with E-state index >= 15 is 0 Å². The Morgan fingerprint density at radius 1 is 1.42 bits per heavy atom. The van der Waals surface area contributed by atoms with Crippen LogP contribution in [0.1, 0.15) is 37.5 Å². The highest BCUT2D eigenvalue weighted by molar-refractivity contribution is 7.91. The highest BCUT2D eigenvalue weighted by Gasteiger charge is 2.22. The molecule has 1 heterocycles. The molecule has 0 bridgehead atoms. The number of hydrogen-bond donors (Lipinski definition) is 2. The summed E-state index contributed by atoms with van der Waals surface area (Å²) in [5.41, 5.74) is 0. The van der Waals surface area contributed by atoms with Gasteiger partial charge in [-0.25, -0.2) is 13.1 Å². The molecule has 6 heteroatoms. The molecule has 0 amide bonds. The van der Waals surface area contributed by atoms with Gasteiger partial charge in [0, 0.05) is 11.4 Å². The van der Waals surface area contributed by atoms with Crippen molar-refractivity contribution in [3.05, 3.63) is 17.0 Å². The van der Waals surface area contributed by atoms with Gasteiger partial charge in [0.25, 0.3) is 0 Å². The summed E-state index contributed by atoms with van der Waals surface area (Å²) in [4.78, 5) is 0.673. The van der Waals surface area contributed by atoms with Crippen molar-refractivity contribution >= 4 is 21.4 Å². The molecule has 0 spiro atoms. The molecule has 1 fully saturated rings. The fraction of sp³-hybridized carbons (Fsp3) is 0.692. The number of aliphatic hydroxyl groups excluding tert-OH is 1. The number of sulfonamides is 1. The van der Waals surface area contributed by atoms with Crippen molar-refractivity contribution in [2.24, 2.45) is 11.8 Å². The molecular formula is C13H21NO3S2. The van der Waals surface area contributed by atoms with Crippen LogP contribution in [0.4, 0.5) is 0 Å². The van der Waals surface area contributed by atoms with Crippen LogP contribution in [0.5, 0.6) is 0 Å². The van der Waals surface area contributed by atoms with Crippen LogP contribution in [-0.4, -0.2) is 20.1 Å². The molecule has 0 saturated heterocycles. The van der Waals surface area contributed by atoms with E-state index in [9.17, 15) is 8.42 Å². The van der Waals surface area contributed by atoms with E-state index in [0.29, 0.717) is 27.5 Å². The van der Waals surface area contributed by atoms with Gasteiger partial charge in [-0.2, -0.15) is 0 Å². The molecule has 1 aromatic heterocycles. The molecule has 0 aromatic carbocycles. The number of rotatable bonds is 5. The number of aliphatic hydroxyl groups is 1. The van der Waals surface area contributed by atoms with Gasteiger partial charge in [-0.1, -0.05) is 19.8 Å². The summed E-state index contributed by atoms with van der Waals surface area (Å²) in [6.07, 6.45) is 4.67. The summed E-state index contributed by atoms with van der Waals surface area (Å²) in [6, 6.07) is 3.21. The van der Waals surface area contributed by atoms with E-state index in [0.717, 1.165) is 24.2 Å². The topological polar surface area (TPSA) is 66.4 Å². The fourth-order valence-electron chi connectivity index (χ4n) is 2.63. The van der Waals surface area contributed by atoms with Crippen molar-refractivity contribution in [3.63, 3.8) is 0 Å². The first-order valence-corrected chi connectivity index (χ1v) is 9.00. The summed E-state index contributed by atoms with van der Waals surface area (Å²) in [5.74, 6) is 1.15. The normalized spacial score (nSPS) is 24.5. The van der Waals surface area contributed by atoms with Crippen LogP contribution in [0.15, 0.2) is 16.3 Å². The molecule has 108 valence electrons. The molecule has 19 heavy (non-hydrogen) atoms. The lowest BCUT2D eigenvalue weighted by Crippen LogP contribution is -2.31. The van der Waals surface area contributed by atoms with E-state index in [1.165, 1.54) is 12.8 Å². The van der Waals surface area contributed by atoms with Gasteiger partial charge in [-0.3, -0.25) is 0 Å². The standard InChI is InChI=1S/C13H21NO3S2/c1-10-3-2-4-11(7-10)8-14-19(16,17)13-6-5-12(9-15)18-13/h5-6,10-11,14-15H,2-4,7-9H2,1H3. The minimum Gasteiger partial charge on any atom is -0.391 e. The van der Waals surface area contributed by atoms with Gasteiger partial charge < -0.3 is 5.11 Å². The van der Waals surface area contributed by atoms with Gasteiger partial charge in [0.1, 0.15) is 4.21 Å². The summed E-state index contributed by atoms with van der Waals surface area (Å²) < 4.78 is 27.2. The molecule has 4 nitrogen and oxygen atoms in total. The Hall–Kier alpha value is -0.430. The van der Waals surface area contributed by atoms with Crippen molar-refractivity contribution in [1.82, 2.24) is 4.72 Å². The first-order chi connectivity index (χ1) is 9.01. The third-order valence-corrected chi connectivity index (χ3v) is 6.65. The Bertz CT molecular complexity index is 510. The Morgan fingerprint density at radius 2 is 2.21 bits per heavy atom. The Balaban J connectivity index is 1.93. The van der Waals surface area contributed by atoms with Gasteiger partial charge >= 0.3 is 0 Å². The van der Waals surface area contributed by atoms with E-state index < -0.39 is 10.0 Å². The maximum atomic E-state index is 12.1. The minimum atomic E-state index is -3.41. The maximum Gasteiger partial charge on any atom is 0.250 e. The largest absolute Gasteiger partial charge is 0.391 e. The smallest absolute Gasteiger partial charge is 0.250 e. The molecule has 1 aliphatic carbocycles. The van der Waals surface area contributed by atoms with E-state index in [1.54, 1.807) is 12.1 Å². The van der Waals surface area contributed by atoms with Crippen molar-refractivity contribution in [2.75, 3.05) is 6.54 Å². The Morgan fingerprint density at radius 3 is 2.84 bits per heavy atom. The van der Waals surface area contributed by atoms with Gasteiger partial charge in [-0.05, 0) is 36.8 Å². The molecule has 0 aliphatic heterocycles. The molecule has 1 saturated carbocycles. The number of thiophene rings is 1. The molecule has 0 radical (unpaired) electrons. The van der Waals surface area contributed by atoms with Crippen LogP contribution in [-0.2, 0) is 16.6 Å². The van der Waals surface area contributed by atoms with Crippen molar-refractivity contribution in [3.8, 4) is 0 Å². The van der Waals surface area contributed by atoms with Crippen LogP contribution in [0.25, 0.3) is 0 Å². The summed E-state index contributed by atoms with van der Waals surface area (Å²) in [6.45, 7) is 2.65. The second-order valence-corrected chi connectivity index (χ2v) is 8.53. The van der Waals surface area contributed by atoms with E-state index in [1.807, 2.05) is 0 Å². The molecule has 2 rings (SSSR count). The fourth-order valence-corrected chi connectivity index (χ4v) is 5.01. The monoisotopic (exact) mass is 303 g/mol. The van der Waals surface area contributed by atoms with Crippen LogP contribution in [0, 0.1) is 11.8 Å². The molecule has 1 aromatic rings. The highest BCUT2D eigenvalue weighted by atomic mass is 32.2. The highest BCUT2D eigenvalue weighted by Crippen LogP contribution is 2.28. The van der Waals surface area contributed by atoms with Crippen molar-refractivity contribution in [2.45, 2.75) is 43.4 Å². The van der Waals surface area contributed by atoms with Crippen molar-refractivity contribution in [1.29, 1.82) is 0 Å². The lowest BCUT2D eigenvalue weighted by molar-refractivity contribution is 0.283. The Labute approximate surface area is 118 Å². The maximum absolute atomic E-state index is 12.1. The van der Waals surface area contributed by atoms with Gasteiger partial charge in [0.15, 0.2) is 0 Å². The van der Waals surface area contributed by atoms with Gasteiger partial charge in [0.05, 0.1) is 6.61 Å². The lowest BCUT2D eigenvalue weighted by Gasteiger charge is -2.26. The first-order valence-electron chi connectivity index (χ1n) is 6.70. The number of nitrogens with one attached hydrogen (secondary N) is 1. The van der Waals surface area contributed by atoms with Crippen molar-refractivity contribution < 1.29 is 13.5 Å². The minimum absolute atomic E-state index is 0.111. The third kappa shape index (κ3) is 4.02. The molecular weight excluding hydrogens is 282 g/mol. The lowest BCUT2D eigenvalue weighted by atomic mass is 9.83. The van der Waals surface area contributed by atoms with Crippen LogP contribution < -0.4 is 4.72 Å². The molecule has 2 atom stereocenters. The molecule has 1 aliphatic rings. The predicted molar refractivity (Wildman–Crippen MR) is 76.6 cm³/mol. The first kappa shape index (κ1) is 15.0. The quantitative estimate of drug-likeness (QED) is 0.877. The number of hydrogen-bond acceptors (Lipinski definition) is 4. The summed E-state index contributed by atoms with van der Waals surface area (Å²) in [7, 11) is -3.41. The zero-order valence-electron chi connectivity index (χ0n) is 11.1. The average Bonchev–Trinajstić information content (AvgIpc) is 2.86. The van der Waals surface area contributed by atoms with E-state index in [4.69, 9.17) is 5.11 Å². The summed E-state index contributed by atoms with van der Waals surface area (Å²) in [5, 5.41) is 8.97. The molecule has 2 N–H and O–H groups in total. The SMILES string of the molecule is CC1CCCC(CNS(=O)(=O)c2ccc(CO)s2)C1. The predicted octanol–water partition coefficient (Wildman–Crippen LogP) is 2.35. The van der Waals surface area contributed by atoms with E-state index in [-0.39, 0.29) is 6.61 Å². The third-order valence-electron chi connectivity index (χ3n) is 3.66. The second kappa shape index (κ2) is 6.35. The van der Waals surface area contributed by atoms with Crippen LogP contribution >= 0.6 is 11.3 Å². The zero-order valence-corrected chi connectivity index (χ0v) is 12.8. The average molecular weight is 303 g/mol. The summed E-state index contributed by atoms with van der Waals surface area (Å²) >= 11 is 1.13. The molecule has 2 unspecified atom stereocenters. The van der Waals surface area contributed by atoms with E-state index in [2.05, 4.69) is 11.6 Å². The second-order valence-electron chi connectivity index (χ2n) is 5.37. The zero-order chi connectivity index (χ0) is 13.9. The van der Waals surface area contributed by atoms with Crippen LogP contribution in [0.2, 0.25) is 0 Å². The van der Waals surface area contributed by atoms with Gasteiger partial charge in [-0.15, -0.1) is 11.3 Å².